The van der Waals surface area contributed by atoms with E-state index in [0.717, 1.165) is 5.56 Å². The van der Waals surface area contributed by atoms with Crippen molar-refractivity contribution in [1.29, 1.82) is 0 Å². The first-order chi connectivity index (χ1) is 25.0. The fraction of sp³-hybridized carbons (Fsp3) is 0.500. The topological polar surface area (TPSA) is 135 Å². The molecule has 0 aromatic heterocycles. The van der Waals surface area contributed by atoms with Gasteiger partial charge in [-0.1, -0.05) is 88.7 Å². The second-order valence-corrected chi connectivity index (χ2v) is 15.2. The van der Waals surface area contributed by atoms with Gasteiger partial charge in [-0.3, -0.25) is 19.2 Å². The highest BCUT2D eigenvalue weighted by Crippen LogP contribution is 2.61. The largest absolute Gasteiger partial charge is 0.455 e. The Bertz CT molecular complexity index is 1590. The normalized spacial score (nSPS) is 26.4. The van der Waals surface area contributed by atoms with Crippen LogP contribution in [0.4, 0.5) is 0 Å². The number of halogens is 1. The third-order valence-electron chi connectivity index (χ3n) is 10.4. The van der Waals surface area contributed by atoms with Gasteiger partial charge >= 0.3 is 5.97 Å². The lowest BCUT2D eigenvalue weighted by Gasteiger charge is -2.40. The van der Waals surface area contributed by atoms with Crippen LogP contribution in [0.2, 0.25) is 0 Å². The number of rotatable bonds is 18. The van der Waals surface area contributed by atoms with Crippen LogP contribution in [0, 0.1) is 11.8 Å². The van der Waals surface area contributed by atoms with Crippen molar-refractivity contribution in [2.75, 3.05) is 26.9 Å². The molecule has 0 saturated carbocycles. The molecule has 0 radical (unpaired) electrons. The number of hydrogen-bond acceptors (Lipinski definition) is 8. The molecule has 3 aliphatic rings. The van der Waals surface area contributed by atoms with Crippen molar-refractivity contribution < 1.29 is 38.5 Å². The van der Waals surface area contributed by atoms with Gasteiger partial charge in [0.05, 0.1) is 43.2 Å². The lowest BCUT2D eigenvalue weighted by atomic mass is 9.70. The van der Waals surface area contributed by atoms with E-state index in [1.54, 1.807) is 29.2 Å². The Kier molecular flexibility index (Phi) is 13.1. The van der Waals surface area contributed by atoms with E-state index in [1.807, 2.05) is 62.4 Å². The molecule has 11 nitrogen and oxygen atoms in total. The van der Waals surface area contributed by atoms with E-state index in [9.17, 15) is 24.3 Å². The number of alkyl halides is 1. The molecule has 3 aliphatic heterocycles. The van der Waals surface area contributed by atoms with Gasteiger partial charge in [0.15, 0.2) is 0 Å². The first-order valence-corrected chi connectivity index (χ1v) is 18.8. The molecule has 3 amide bonds. The maximum atomic E-state index is 14.9. The summed E-state index contributed by atoms with van der Waals surface area (Å²) >= 11 is 3.74. The summed E-state index contributed by atoms with van der Waals surface area (Å²) in [4.78, 5) is 60.0. The summed E-state index contributed by atoms with van der Waals surface area (Å²) in [6.07, 6.45) is 2.80. The number of methoxy groups -OCH3 is 1. The molecule has 1 spiro atoms. The van der Waals surface area contributed by atoms with Crippen molar-refractivity contribution in [3.63, 3.8) is 0 Å². The molecule has 9 atom stereocenters. The van der Waals surface area contributed by atoms with Gasteiger partial charge in [-0.25, -0.2) is 0 Å². The van der Waals surface area contributed by atoms with Crippen molar-refractivity contribution >= 4 is 39.6 Å². The number of nitrogens with one attached hydrogen (secondary N) is 1. The third-order valence-corrected chi connectivity index (χ3v) is 11.2. The number of ether oxygens (including phenoxy) is 3. The minimum absolute atomic E-state index is 0.0427. The van der Waals surface area contributed by atoms with Crippen molar-refractivity contribution in [1.82, 2.24) is 15.1 Å². The molecule has 52 heavy (non-hydrogen) atoms. The molecular weight excluding hydrogens is 730 g/mol. The summed E-state index contributed by atoms with van der Waals surface area (Å²) in [5.41, 5.74) is 0.137. The number of carbonyl (C=O) groups is 4. The molecule has 2 N–H and O–H groups in total. The second kappa shape index (κ2) is 17.3. The van der Waals surface area contributed by atoms with Gasteiger partial charge in [-0.15, -0.1) is 13.2 Å². The molecular formula is C40H50BrN3O8. The fourth-order valence-corrected chi connectivity index (χ4v) is 9.07. The van der Waals surface area contributed by atoms with E-state index in [1.165, 1.54) is 12.0 Å². The SMILES string of the molecule is C=CCCC(=O)N[C@@H](COC)[C@@H](OC(=O)[C@H]1[C@@H]2O[C@@]3(CC2Br)[C@@H]1C(=O)N([C@@H](CO)Cc1ccccc1)[C@@H]3C(=O)N(CC=C)C(C)C)c1ccccc1. The zero-order valence-corrected chi connectivity index (χ0v) is 31.7. The van der Waals surface area contributed by atoms with Crippen LogP contribution in [-0.2, 0) is 39.8 Å². The van der Waals surface area contributed by atoms with E-state index >= 15 is 0 Å². The standard InChI is InChI=1S/C40H50BrN3O8/c1-6-8-19-31(46)42-30(24-50-5)34(27-17-13-10-14-18-27)51-39(49)32-33-37(47)44(28(23-45)21-26-15-11-9-12-16-26)36(38(48)43(20-7-2)25(3)4)40(33)22-29(41)35(32)52-40/h6-7,9-18,25,28-30,32-36,45H,1-2,8,19-24H2,3-5H3,(H,42,46)/t28-,29?,30+,32-,33+,34+,35-,36-,40+/m1/s1. The molecule has 2 aromatic carbocycles. The Morgan fingerprint density at radius 1 is 1.12 bits per heavy atom. The number of amides is 3. The van der Waals surface area contributed by atoms with Crippen molar-refractivity contribution in [2.45, 2.75) is 86.3 Å². The van der Waals surface area contributed by atoms with Gasteiger partial charge in [0, 0.05) is 30.9 Å². The Labute approximate surface area is 314 Å². The number of fused-ring (bicyclic) bond motifs is 1. The Balaban J connectivity index is 1.55. The van der Waals surface area contributed by atoms with E-state index in [2.05, 4.69) is 34.4 Å². The quantitative estimate of drug-likeness (QED) is 0.131. The van der Waals surface area contributed by atoms with Crippen molar-refractivity contribution in [2.24, 2.45) is 11.8 Å². The van der Waals surface area contributed by atoms with Gasteiger partial charge < -0.3 is 34.4 Å². The summed E-state index contributed by atoms with van der Waals surface area (Å²) < 4.78 is 18.6. The molecule has 3 saturated heterocycles. The van der Waals surface area contributed by atoms with Crippen LogP contribution >= 0.6 is 15.9 Å². The number of aliphatic hydroxyl groups excluding tert-OH is 1. The number of benzene rings is 2. The maximum Gasteiger partial charge on any atom is 0.313 e. The zero-order valence-electron chi connectivity index (χ0n) is 30.1. The maximum absolute atomic E-state index is 14.9. The van der Waals surface area contributed by atoms with Gasteiger partial charge in [0.2, 0.25) is 17.7 Å². The Morgan fingerprint density at radius 3 is 2.38 bits per heavy atom. The lowest BCUT2D eigenvalue weighted by molar-refractivity contribution is -0.163. The number of hydrogen-bond donors (Lipinski definition) is 2. The van der Waals surface area contributed by atoms with E-state index < -0.39 is 66.3 Å². The minimum atomic E-state index is -1.37. The van der Waals surface area contributed by atoms with Crippen LogP contribution in [-0.4, -0.2) is 106 Å². The van der Waals surface area contributed by atoms with E-state index in [-0.39, 0.29) is 48.7 Å². The summed E-state index contributed by atoms with van der Waals surface area (Å²) in [6.45, 7) is 11.2. The molecule has 2 bridgehead atoms. The second-order valence-electron chi connectivity index (χ2n) is 14.0. The molecule has 12 heteroatoms. The number of esters is 1. The first-order valence-electron chi connectivity index (χ1n) is 17.9. The summed E-state index contributed by atoms with van der Waals surface area (Å²) in [7, 11) is 1.50. The lowest BCUT2D eigenvalue weighted by Crippen LogP contribution is -2.60. The van der Waals surface area contributed by atoms with Crippen LogP contribution in [0.15, 0.2) is 86.0 Å². The molecule has 280 valence electrons. The summed E-state index contributed by atoms with van der Waals surface area (Å²) in [5.74, 6) is -3.87. The number of aliphatic hydroxyl groups is 1. The minimum Gasteiger partial charge on any atom is -0.455 e. The predicted octanol–water partition coefficient (Wildman–Crippen LogP) is 4.14. The third kappa shape index (κ3) is 7.76. The highest BCUT2D eigenvalue weighted by Gasteiger charge is 2.77. The van der Waals surface area contributed by atoms with Gasteiger partial charge in [0.25, 0.3) is 0 Å². The van der Waals surface area contributed by atoms with Crippen LogP contribution in [0.3, 0.4) is 0 Å². The molecule has 3 heterocycles. The van der Waals surface area contributed by atoms with Crippen LogP contribution in [0.5, 0.6) is 0 Å². The summed E-state index contributed by atoms with van der Waals surface area (Å²) in [6, 6.07) is 15.6. The fourth-order valence-electron chi connectivity index (χ4n) is 8.12. The molecule has 5 rings (SSSR count). The summed E-state index contributed by atoms with van der Waals surface area (Å²) in [5, 5.41) is 13.8. The van der Waals surface area contributed by atoms with Gasteiger partial charge in [-0.2, -0.15) is 0 Å². The van der Waals surface area contributed by atoms with Gasteiger partial charge in [0.1, 0.15) is 17.7 Å². The van der Waals surface area contributed by atoms with Crippen molar-refractivity contribution in [3.8, 4) is 0 Å². The number of likely N-dealkylation sites (tertiary alicyclic amines) is 1. The monoisotopic (exact) mass is 779 g/mol. The number of allylic oxidation sites excluding steroid dienone is 1. The average molecular weight is 781 g/mol. The first kappa shape index (κ1) is 39.4. The number of nitrogens with zero attached hydrogens (tertiary/aromatic N) is 2. The Hall–Kier alpha value is -3.84. The average Bonchev–Trinajstić information content (AvgIpc) is 3.74. The molecule has 1 unspecified atom stereocenters. The van der Waals surface area contributed by atoms with Crippen molar-refractivity contribution in [3.05, 3.63) is 97.1 Å². The van der Waals surface area contributed by atoms with E-state index in [4.69, 9.17) is 14.2 Å². The molecule has 0 aliphatic carbocycles. The molecule has 2 aromatic rings. The van der Waals surface area contributed by atoms with Crippen LogP contribution in [0.25, 0.3) is 0 Å². The highest BCUT2D eigenvalue weighted by atomic mass is 79.9. The van der Waals surface area contributed by atoms with E-state index in [0.29, 0.717) is 18.4 Å². The zero-order chi connectivity index (χ0) is 37.6. The van der Waals surface area contributed by atoms with Crippen LogP contribution < -0.4 is 5.32 Å². The molecule has 3 fully saturated rings. The smallest absolute Gasteiger partial charge is 0.313 e. The van der Waals surface area contributed by atoms with Gasteiger partial charge in [-0.05, 0) is 44.2 Å². The predicted molar refractivity (Wildman–Crippen MR) is 199 cm³/mol. The highest BCUT2D eigenvalue weighted by molar-refractivity contribution is 9.09. The van der Waals surface area contributed by atoms with Crippen LogP contribution in [0.1, 0.15) is 50.3 Å². The Morgan fingerprint density at radius 2 is 1.79 bits per heavy atom. The number of carbonyl (C=O) groups excluding carboxylic acids is 4.